The van der Waals surface area contributed by atoms with Gasteiger partial charge in [0.25, 0.3) is 9.05 Å². The van der Waals surface area contributed by atoms with Crippen LogP contribution in [-0.2, 0) is 9.05 Å². The third-order valence-electron chi connectivity index (χ3n) is 3.95. The van der Waals surface area contributed by atoms with E-state index in [0.29, 0.717) is 17.3 Å². The highest BCUT2D eigenvalue weighted by atomic mass is 35.7. The Morgan fingerprint density at radius 1 is 1.25 bits per heavy atom. The lowest BCUT2D eigenvalue weighted by atomic mass is 10.2. The highest BCUT2D eigenvalue weighted by Gasteiger charge is 2.19. The minimum absolute atomic E-state index is 0.102. The standard InChI is InChI=1S/C16H19ClN2O3S2/c1-12-16(24(17,20)21)23-15(18-12)13-4-6-14(7-5-13)22-11-10-19-8-2-3-9-19/h4-7H,2-3,8-11H2,1H3. The number of halogens is 1. The molecule has 0 atom stereocenters. The first kappa shape index (κ1) is 17.7. The summed E-state index contributed by atoms with van der Waals surface area (Å²) in [6, 6.07) is 7.53. The zero-order valence-corrected chi connectivity index (χ0v) is 15.8. The van der Waals surface area contributed by atoms with Gasteiger partial charge in [0.2, 0.25) is 0 Å². The van der Waals surface area contributed by atoms with Crippen molar-refractivity contribution in [3.8, 4) is 16.3 Å². The number of rotatable bonds is 6. The number of aryl methyl sites for hydroxylation is 1. The van der Waals surface area contributed by atoms with Crippen molar-refractivity contribution in [3.05, 3.63) is 30.0 Å². The first-order valence-corrected chi connectivity index (χ1v) is 10.9. The monoisotopic (exact) mass is 386 g/mol. The molecule has 0 spiro atoms. The molecule has 1 aliphatic heterocycles. The van der Waals surface area contributed by atoms with Gasteiger partial charge < -0.3 is 4.74 Å². The Balaban J connectivity index is 1.64. The molecule has 8 heteroatoms. The van der Waals surface area contributed by atoms with Crippen LogP contribution in [0.25, 0.3) is 10.6 Å². The van der Waals surface area contributed by atoms with E-state index >= 15 is 0 Å². The van der Waals surface area contributed by atoms with Gasteiger partial charge in [-0.2, -0.15) is 0 Å². The smallest absolute Gasteiger partial charge is 0.272 e. The molecule has 0 aliphatic carbocycles. The topological polar surface area (TPSA) is 59.5 Å². The van der Waals surface area contributed by atoms with Crippen LogP contribution in [0.1, 0.15) is 18.5 Å². The zero-order valence-electron chi connectivity index (χ0n) is 13.4. The van der Waals surface area contributed by atoms with Crippen molar-refractivity contribution >= 4 is 31.1 Å². The molecule has 0 unspecified atom stereocenters. The van der Waals surface area contributed by atoms with Crippen LogP contribution in [0.15, 0.2) is 28.5 Å². The highest BCUT2D eigenvalue weighted by molar-refractivity contribution is 8.15. The molecule has 0 saturated carbocycles. The lowest BCUT2D eigenvalue weighted by Gasteiger charge is -2.14. The summed E-state index contributed by atoms with van der Waals surface area (Å²) in [6.45, 7) is 5.59. The SMILES string of the molecule is Cc1nc(-c2ccc(OCCN3CCCC3)cc2)sc1S(=O)(=O)Cl. The molecule has 2 aromatic rings. The molecule has 1 aromatic heterocycles. The third-order valence-corrected chi connectivity index (χ3v) is 7.34. The summed E-state index contributed by atoms with van der Waals surface area (Å²) in [5, 5.41) is 0.635. The van der Waals surface area contributed by atoms with Gasteiger partial charge in [-0.25, -0.2) is 13.4 Å². The molecular weight excluding hydrogens is 368 g/mol. The van der Waals surface area contributed by atoms with Crippen molar-refractivity contribution in [2.24, 2.45) is 0 Å². The highest BCUT2D eigenvalue weighted by Crippen LogP contribution is 2.33. The Morgan fingerprint density at radius 2 is 1.92 bits per heavy atom. The lowest BCUT2D eigenvalue weighted by Crippen LogP contribution is -2.25. The Bertz CT molecular complexity index is 797. The number of thiazole rings is 1. The van der Waals surface area contributed by atoms with Crippen molar-refractivity contribution in [1.82, 2.24) is 9.88 Å². The Hall–Kier alpha value is -1.15. The fraction of sp³-hybridized carbons (Fsp3) is 0.438. The van der Waals surface area contributed by atoms with Crippen molar-refractivity contribution in [1.29, 1.82) is 0 Å². The largest absolute Gasteiger partial charge is 0.492 e. The summed E-state index contributed by atoms with van der Waals surface area (Å²) >= 11 is 1.08. The fourth-order valence-electron chi connectivity index (χ4n) is 2.72. The number of nitrogens with zero attached hydrogens (tertiary/aromatic N) is 2. The van der Waals surface area contributed by atoms with E-state index < -0.39 is 9.05 Å². The van der Waals surface area contributed by atoms with Crippen LogP contribution in [0.3, 0.4) is 0 Å². The van der Waals surface area contributed by atoms with Gasteiger partial charge in [0.15, 0.2) is 4.21 Å². The van der Waals surface area contributed by atoms with Crippen LogP contribution in [-0.4, -0.2) is 44.5 Å². The van der Waals surface area contributed by atoms with E-state index in [1.165, 1.54) is 12.8 Å². The van der Waals surface area contributed by atoms with E-state index in [4.69, 9.17) is 15.4 Å². The van der Waals surface area contributed by atoms with E-state index in [2.05, 4.69) is 9.88 Å². The molecule has 5 nitrogen and oxygen atoms in total. The van der Waals surface area contributed by atoms with Crippen LogP contribution in [0.4, 0.5) is 0 Å². The number of aromatic nitrogens is 1. The fourth-order valence-corrected chi connectivity index (χ4v) is 5.18. The van der Waals surface area contributed by atoms with Gasteiger partial charge in [-0.15, -0.1) is 11.3 Å². The van der Waals surface area contributed by atoms with E-state index in [0.717, 1.165) is 42.3 Å². The molecule has 0 amide bonds. The zero-order chi connectivity index (χ0) is 17.2. The number of benzene rings is 1. The second-order valence-corrected chi connectivity index (χ2v) is 9.51. The van der Waals surface area contributed by atoms with Crippen molar-refractivity contribution < 1.29 is 13.2 Å². The number of hydrogen-bond donors (Lipinski definition) is 0. The van der Waals surface area contributed by atoms with E-state index in [1.807, 2.05) is 24.3 Å². The van der Waals surface area contributed by atoms with Gasteiger partial charge in [-0.1, -0.05) is 0 Å². The summed E-state index contributed by atoms with van der Waals surface area (Å²) in [4.78, 5) is 6.70. The normalized spacial score (nSPS) is 15.8. The predicted molar refractivity (Wildman–Crippen MR) is 96.5 cm³/mol. The number of likely N-dealkylation sites (tertiary alicyclic amines) is 1. The molecule has 1 saturated heterocycles. The van der Waals surface area contributed by atoms with Crippen molar-refractivity contribution in [2.45, 2.75) is 24.0 Å². The molecule has 24 heavy (non-hydrogen) atoms. The average Bonchev–Trinajstić information content (AvgIpc) is 3.17. The molecule has 1 aliphatic rings. The minimum atomic E-state index is -3.75. The van der Waals surface area contributed by atoms with Gasteiger partial charge >= 0.3 is 0 Å². The van der Waals surface area contributed by atoms with E-state index in [1.54, 1.807) is 6.92 Å². The van der Waals surface area contributed by atoms with E-state index in [-0.39, 0.29) is 4.21 Å². The van der Waals surface area contributed by atoms with Gasteiger partial charge in [0, 0.05) is 22.8 Å². The van der Waals surface area contributed by atoms with Crippen LogP contribution in [0.5, 0.6) is 5.75 Å². The van der Waals surface area contributed by atoms with E-state index in [9.17, 15) is 8.42 Å². The minimum Gasteiger partial charge on any atom is -0.492 e. The third kappa shape index (κ3) is 4.27. The summed E-state index contributed by atoms with van der Waals surface area (Å²) in [5.74, 6) is 0.802. The molecule has 2 heterocycles. The van der Waals surface area contributed by atoms with Gasteiger partial charge in [0.05, 0.1) is 5.69 Å². The Kier molecular flexibility index (Phi) is 5.44. The molecular formula is C16H19ClN2O3S2. The Morgan fingerprint density at radius 3 is 2.50 bits per heavy atom. The second kappa shape index (κ2) is 7.39. The van der Waals surface area contributed by atoms with Crippen LogP contribution in [0, 0.1) is 6.92 Å². The first-order chi connectivity index (χ1) is 11.4. The van der Waals surface area contributed by atoms with Crippen molar-refractivity contribution in [2.75, 3.05) is 26.2 Å². The Labute approximate surface area is 150 Å². The van der Waals surface area contributed by atoms with Crippen LogP contribution in [0.2, 0.25) is 0 Å². The molecule has 3 rings (SSSR count). The average molecular weight is 387 g/mol. The maximum atomic E-state index is 11.5. The predicted octanol–water partition coefficient (Wildman–Crippen LogP) is 3.52. The molecule has 1 fully saturated rings. The van der Waals surface area contributed by atoms with Gasteiger partial charge in [0.1, 0.15) is 17.4 Å². The summed E-state index contributed by atoms with van der Waals surface area (Å²) in [6.07, 6.45) is 2.56. The summed E-state index contributed by atoms with van der Waals surface area (Å²) in [7, 11) is 1.67. The first-order valence-electron chi connectivity index (χ1n) is 7.81. The number of ether oxygens (including phenoxy) is 1. The second-order valence-electron chi connectivity index (χ2n) is 5.75. The lowest BCUT2D eigenvalue weighted by molar-refractivity contribution is 0.238. The summed E-state index contributed by atoms with van der Waals surface area (Å²) in [5.41, 5.74) is 1.28. The quantitative estimate of drug-likeness (QED) is 0.711. The molecule has 0 N–H and O–H groups in total. The van der Waals surface area contributed by atoms with Gasteiger partial charge in [-0.3, -0.25) is 4.90 Å². The maximum Gasteiger partial charge on any atom is 0.272 e. The summed E-state index contributed by atoms with van der Waals surface area (Å²) < 4.78 is 28.9. The number of hydrogen-bond acceptors (Lipinski definition) is 6. The molecule has 1 aromatic carbocycles. The van der Waals surface area contributed by atoms with Crippen LogP contribution >= 0.6 is 22.0 Å². The molecule has 0 bridgehead atoms. The van der Waals surface area contributed by atoms with Crippen molar-refractivity contribution in [3.63, 3.8) is 0 Å². The van der Waals surface area contributed by atoms with Gasteiger partial charge in [-0.05, 0) is 57.1 Å². The maximum absolute atomic E-state index is 11.5. The molecule has 130 valence electrons. The van der Waals surface area contributed by atoms with Crippen LogP contribution < -0.4 is 4.74 Å². The molecule has 0 radical (unpaired) electrons.